The zero-order valence-corrected chi connectivity index (χ0v) is 67.8. The van der Waals surface area contributed by atoms with Crippen LogP contribution in [0.15, 0.2) is 0 Å². The molecule has 0 amide bonds. The van der Waals surface area contributed by atoms with Gasteiger partial charge >= 0.3 is 39.5 Å². The summed E-state index contributed by atoms with van der Waals surface area (Å²) in [4.78, 5) is 72.9. The van der Waals surface area contributed by atoms with Gasteiger partial charge in [-0.2, -0.15) is 0 Å². The van der Waals surface area contributed by atoms with E-state index in [9.17, 15) is 43.2 Å². The number of hydrogen-bond donors (Lipinski definition) is 3. The Labute approximate surface area is 619 Å². The Kier molecular flexibility index (Phi) is 73.5. The first kappa shape index (κ1) is 99.1. The van der Waals surface area contributed by atoms with Gasteiger partial charge in [-0.15, -0.1) is 0 Å². The number of carbonyl (C=O) groups is 4. The van der Waals surface area contributed by atoms with Crippen LogP contribution in [0.5, 0.6) is 0 Å². The summed E-state index contributed by atoms with van der Waals surface area (Å²) in [7, 11) is -9.91. The van der Waals surface area contributed by atoms with Crippen molar-refractivity contribution in [1.29, 1.82) is 0 Å². The quantitative estimate of drug-likeness (QED) is 0.0222. The molecule has 600 valence electrons. The van der Waals surface area contributed by atoms with E-state index in [2.05, 4.69) is 34.6 Å². The van der Waals surface area contributed by atoms with Crippen LogP contribution in [-0.2, 0) is 65.4 Å². The van der Waals surface area contributed by atoms with Gasteiger partial charge in [0.05, 0.1) is 26.4 Å². The van der Waals surface area contributed by atoms with Crippen LogP contribution in [0, 0.1) is 5.92 Å². The van der Waals surface area contributed by atoms with Crippen LogP contribution >= 0.6 is 15.6 Å². The molecule has 0 aromatic carbocycles. The third-order valence-electron chi connectivity index (χ3n) is 19.3. The molecular weight excluding hydrogens is 1320 g/mol. The second-order valence-corrected chi connectivity index (χ2v) is 32.9. The van der Waals surface area contributed by atoms with Gasteiger partial charge in [0.25, 0.3) is 0 Å². The number of phosphoric acid groups is 2. The van der Waals surface area contributed by atoms with Gasteiger partial charge in [0, 0.05) is 25.7 Å². The highest BCUT2D eigenvalue weighted by Gasteiger charge is 2.30. The van der Waals surface area contributed by atoms with Gasteiger partial charge in [0.15, 0.2) is 12.2 Å². The second kappa shape index (κ2) is 74.9. The number of unbranched alkanes of at least 4 members (excludes halogenated alkanes) is 54. The minimum atomic E-state index is -4.96. The van der Waals surface area contributed by atoms with Crippen LogP contribution in [0.2, 0.25) is 0 Å². The number of aliphatic hydroxyl groups excluding tert-OH is 1. The number of carbonyl (C=O) groups excluding carboxylic acids is 4. The molecule has 0 bridgehead atoms. The lowest BCUT2D eigenvalue weighted by molar-refractivity contribution is -0.161. The van der Waals surface area contributed by atoms with Crippen molar-refractivity contribution < 1.29 is 80.2 Å². The monoisotopic (exact) mass is 1480 g/mol. The Hall–Kier alpha value is -1.94. The van der Waals surface area contributed by atoms with E-state index in [-0.39, 0.29) is 25.7 Å². The maximum atomic E-state index is 13.1. The summed E-state index contributed by atoms with van der Waals surface area (Å²) in [6.07, 6.45) is 67.1. The Morgan fingerprint density at radius 2 is 0.455 bits per heavy atom. The van der Waals surface area contributed by atoms with Crippen molar-refractivity contribution in [2.45, 2.75) is 457 Å². The summed E-state index contributed by atoms with van der Waals surface area (Å²) in [5.74, 6) is -1.43. The van der Waals surface area contributed by atoms with E-state index in [1.54, 1.807) is 0 Å². The minimum absolute atomic E-state index is 0.106. The van der Waals surface area contributed by atoms with Crippen molar-refractivity contribution in [2.75, 3.05) is 39.6 Å². The van der Waals surface area contributed by atoms with Crippen molar-refractivity contribution in [1.82, 2.24) is 0 Å². The number of ether oxygens (including phenoxy) is 4. The van der Waals surface area contributed by atoms with Crippen molar-refractivity contribution >= 4 is 39.5 Å². The van der Waals surface area contributed by atoms with E-state index in [0.29, 0.717) is 31.6 Å². The van der Waals surface area contributed by atoms with Crippen LogP contribution in [0.25, 0.3) is 0 Å². The standard InChI is InChI=1S/C82H160O17P2/c1-6-9-12-15-18-21-24-26-28-30-32-34-35-37-39-41-43-45-48-51-58-63-68-82(87)98-77(71-92-79(84)65-60-55-49-47-44-42-40-38-36-33-31-29-27-25-22-19-16-13-10-7-2)73-96-100(88,89)94-69-76(83)70-95-101(90,91)97-74-78(72-93-80(85)66-61-56-53-52-54-59-64-75(4)5)99-81(86)67-62-57-50-46-23-20-17-14-11-8-3/h75-78,83H,6-74H2,1-5H3,(H,88,89)(H,90,91)/t76-,77-,78-/m1/s1. The molecule has 0 aliphatic carbocycles. The Balaban J connectivity index is 5.16. The van der Waals surface area contributed by atoms with E-state index in [1.165, 1.54) is 257 Å². The van der Waals surface area contributed by atoms with Gasteiger partial charge in [-0.3, -0.25) is 37.3 Å². The van der Waals surface area contributed by atoms with E-state index < -0.39 is 97.5 Å². The largest absolute Gasteiger partial charge is 0.472 e. The molecule has 101 heavy (non-hydrogen) atoms. The molecule has 0 heterocycles. The van der Waals surface area contributed by atoms with Crippen molar-refractivity contribution in [2.24, 2.45) is 5.92 Å². The van der Waals surface area contributed by atoms with Gasteiger partial charge < -0.3 is 33.8 Å². The Bertz CT molecular complexity index is 1930. The van der Waals surface area contributed by atoms with Gasteiger partial charge in [0.1, 0.15) is 19.3 Å². The number of hydrogen-bond acceptors (Lipinski definition) is 15. The molecule has 19 heteroatoms. The first-order valence-corrected chi connectivity index (χ1v) is 45.6. The number of esters is 4. The van der Waals surface area contributed by atoms with Crippen molar-refractivity contribution in [3.05, 3.63) is 0 Å². The van der Waals surface area contributed by atoms with Gasteiger partial charge in [0.2, 0.25) is 0 Å². The second-order valence-electron chi connectivity index (χ2n) is 30.0. The molecular formula is C82H160O17P2. The summed E-state index contributed by atoms with van der Waals surface area (Å²) < 4.78 is 68.6. The predicted octanol–water partition coefficient (Wildman–Crippen LogP) is 24.8. The fourth-order valence-electron chi connectivity index (χ4n) is 12.8. The maximum absolute atomic E-state index is 13.1. The molecule has 0 radical (unpaired) electrons. The van der Waals surface area contributed by atoms with Crippen LogP contribution < -0.4 is 0 Å². The topological polar surface area (TPSA) is 237 Å². The van der Waals surface area contributed by atoms with Crippen LogP contribution in [0.1, 0.15) is 439 Å². The van der Waals surface area contributed by atoms with Crippen LogP contribution in [0.4, 0.5) is 0 Å². The van der Waals surface area contributed by atoms with Gasteiger partial charge in [-0.25, -0.2) is 9.13 Å². The van der Waals surface area contributed by atoms with Gasteiger partial charge in [-0.05, 0) is 31.6 Å². The molecule has 0 saturated heterocycles. The van der Waals surface area contributed by atoms with Gasteiger partial charge in [-0.1, -0.05) is 388 Å². The summed E-state index contributed by atoms with van der Waals surface area (Å²) >= 11 is 0. The van der Waals surface area contributed by atoms with E-state index in [4.69, 9.17) is 37.0 Å². The summed E-state index contributed by atoms with van der Waals surface area (Å²) in [6, 6.07) is 0. The minimum Gasteiger partial charge on any atom is -0.462 e. The summed E-state index contributed by atoms with van der Waals surface area (Å²) in [5.41, 5.74) is 0. The predicted molar refractivity (Wildman–Crippen MR) is 414 cm³/mol. The van der Waals surface area contributed by atoms with E-state index >= 15 is 0 Å². The first-order valence-electron chi connectivity index (χ1n) is 42.6. The Morgan fingerprint density at radius 1 is 0.267 bits per heavy atom. The number of phosphoric ester groups is 2. The zero-order valence-electron chi connectivity index (χ0n) is 66.1. The Morgan fingerprint density at radius 3 is 0.673 bits per heavy atom. The summed E-state index contributed by atoms with van der Waals surface area (Å²) in [5, 5.41) is 10.6. The van der Waals surface area contributed by atoms with E-state index in [0.717, 1.165) is 96.3 Å². The molecule has 0 aromatic heterocycles. The lowest BCUT2D eigenvalue weighted by atomic mass is 10.0. The molecule has 0 aromatic rings. The molecule has 0 fully saturated rings. The highest BCUT2D eigenvalue weighted by molar-refractivity contribution is 7.47. The third-order valence-corrected chi connectivity index (χ3v) is 21.2. The lowest BCUT2D eigenvalue weighted by Gasteiger charge is -2.21. The molecule has 0 spiro atoms. The normalized spacial score (nSPS) is 13.8. The molecule has 2 unspecified atom stereocenters. The van der Waals surface area contributed by atoms with E-state index in [1.807, 2.05) is 0 Å². The highest BCUT2D eigenvalue weighted by Crippen LogP contribution is 2.45. The molecule has 0 aliphatic rings. The molecule has 0 aliphatic heterocycles. The average Bonchev–Trinajstić information content (AvgIpc) is 0.946. The molecule has 3 N–H and O–H groups in total. The van der Waals surface area contributed by atoms with Crippen LogP contribution in [0.3, 0.4) is 0 Å². The SMILES string of the molecule is CCCCCCCCCCCCCCCCCCCCCCCCC(=O)O[C@H](COC(=O)CCCCCCCCCCCCCCCCCCCCCC)COP(=O)(O)OC[C@@H](O)COP(=O)(O)OC[C@@H](COC(=O)CCCCCCCCC(C)C)OC(=O)CCCCCCCCCCCC. The fourth-order valence-corrected chi connectivity index (χ4v) is 14.3. The molecule has 17 nitrogen and oxygen atoms in total. The lowest BCUT2D eigenvalue weighted by Crippen LogP contribution is -2.30. The maximum Gasteiger partial charge on any atom is 0.472 e. The van der Waals surface area contributed by atoms with Crippen LogP contribution in [-0.4, -0.2) is 96.7 Å². The van der Waals surface area contributed by atoms with Crippen molar-refractivity contribution in [3.8, 4) is 0 Å². The number of rotatable bonds is 82. The third kappa shape index (κ3) is 76.1. The summed E-state index contributed by atoms with van der Waals surface area (Å²) in [6.45, 7) is 7.23. The molecule has 5 atom stereocenters. The molecule has 0 saturated carbocycles. The fraction of sp³-hybridized carbons (Fsp3) is 0.951. The number of aliphatic hydroxyl groups is 1. The highest BCUT2D eigenvalue weighted by atomic mass is 31.2. The molecule has 0 rings (SSSR count). The zero-order chi connectivity index (χ0) is 74.1. The first-order chi connectivity index (χ1) is 49.0. The average molecular weight is 1480 g/mol. The smallest absolute Gasteiger partial charge is 0.462 e. The van der Waals surface area contributed by atoms with Crippen molar-refractivity contribution in [3.63, 3.8) is 0 Å².